The molecular weight excluding hydrogens is 302 g/mol. The van der Waals surface area contributed by atoms with Crippen LogP contribution in [0.3, 0.4) is 0 Å². The van der Waals surface area contributed by atoms with Crippen molar-refractivity contribution in [3.8, 4) is 11.1 Å². The standard InChI is InChI=1S/C20H21NO3/c22-19(16-11-4-5-12-17(16)20(23)24)21-18-13-7-6-10-15(18)14-8-2-1-3-9-14/h1-3,6-10,13,16-17H,4-5,11-12H2,(H,21,22)(H,23,24). The lowest BCUT2D eigenvalue weighted by Gasteiger charge is -2.27. The van der Waals surface area contributed by atoms with Gasteiger partial charge in [-0.15, -0.1) is 0 Å². The van der Waals surface area contributed by atoms with Gasteiger partial charge >= 0.3 is 5.97 Å². The van der Waals surface area contributed by atoms with Crippen molar-refractivity contribution in [1.29, 1.82) is 0 Å². The molecule has 2 N–H and O–H groups in total. The van der Waals surface area contributed by atoms with Crippen molar-refractivity contribution >= 4 is 17.6 Å². The van der Waals surface area contributed by atoms with E-state index in [2.05, 4.69) is 5.32 Å². The molecule has 1 aliphatic carbocycles. The molecule has 4 heteroatoms. The lowest BCUT2D eigenvalue weighted by Crippen LogP contribution is -2.36. The fourth-order valence-corrected chi connectivity index (χ4v) is 3.43. The first-order valence-electron chi connectivity index (χ1n) is 8.35. The monoisotopic (exact) mass is 323 g/mol. The van der Waals surface area contributed by atoms with E-state index in [-0.39, 0.29) is 5.91 Å². The first-order chi connectivity index (χ1) is 11.7. The molecule has 2 aromatic carbocycles. The number of anilines is 1. The Labute approximate surface area is 141 Å². The van der Waals surface area contributed by atoms with Gasteiger partial charge < -0.3 is 10.4 Å². The van der Waals surface area contributed by atoms with E-state index in [4.69, 9.17) is 0 Å². The number of rotatable bonds is 4. The zero-order chi connectivity index (χ0) is 16.9. The van der Waals surface area contributed by atoms with Gasteiger partial charge in [-0.25, -0.2) is 0 Å². The first kappa shape index (κ1) is 16.2. The maximum atomic E-state index is 12.7. The number of aliphatic carboxylic acids is 1. The van der Waals surface area contributed by atoms with E-state index in [1.54, 1.807) is 0 Å². The van der Waals surface area contributed by atoms with E-state index in [0.717, 1.165) is 29.7 Å². The molecule has 4 nitrogen and oxygen atoms in total. The molecule has 124 valence electrons. The summed E-state index contributed by atoms with van der Waals surface area (Å²) in [5, 5.41) is 12.3. The zero-order valence-corrected chi connectivity index (χ0v) is 13.4. The Hall–Kier alpha value is -2.62. The Morgan fingerprint density at radius 2 is 1.50 bits per heavy atom. The molecule has 0 spiro atoms. The van der Waals surface area contributed by atoms with E-state index in [1.807, 2.05) is 54.6 Å². The van der Waals surface area contributed by atoms with E-state index < -0.39 is 17.8 Å². The Morgan fingerprint density at radius 1 is 0.875 bits per heavy atom. The van der Waals surface area contributed by atoms with Crippen molar-refractivity contribution < 1.29 is 14.7 Å². The second-order valence-corrected chi connectivity index (χ2v) is 6.24. The summed E-state index contributed by atoms with van der Waals surface area (Å²) in [6.07, 6.45) is 2.99. The van der Waals surface area contributed by atoms with Crippen LogP contribution in [0.15, 0.2) is 54.6 Å². The number of nitrogens with one attached hydrogen (secondary N) is 1. The molecule has 0 saturated heterocycles. The smallest absolute Gasteiger partial charge is 0.307 e. The summed E-state index contributed by atoms with van der Waals surface area (Å²) in [6.45, 7) is 0. The average molecular weight is 323 g/mol. The molecule has 0 radical (unpaired) electrons. The first-order valence-corrected chi connectivity index (χ1v) is 8.35. The maximum Gasteiger partial charge on any atom is 0.307 e. The van der Waals surface area contributed by atoms with Gasteiger partial charge in [0.25, 0.3) is 0 Å². The fraction of sp³-hybridized carbons (Fsp3) is 0.300. The highest BCUT2D eigenvalue weighted by molar-refractivity contribution is 5.98. The zero-order valence-electron chi connectivity index (χ0n) is 13.4. The van der Waals surface area contributed by atoms with Crippen LogP contribution < -0.4 is 5.32 Å². The topological polar surface area (TPSA) is 66.4 Å². The molecule has 2 atom stereocenters. The second-order valence-electron chi connectivity index (χ2n) is 6.24. The number of hydrogen-bond donors (Lipinski definition) is 2. The highest BCUT2D eigenvalue weighted by atomic mass is 16.4. The molecular formula is C20H21NO3. The molecule has 24 heavy (non-hydrogen) atoms. The van der Waals surface area contributed by atoms with Crippen LogP contribution in [0.2, 0.25) is 0 Å². The van der Waals surface area contributed by atoms with Crippen molar-refractivity contribution in [3.05, 3.63) is 54.6 Å². The quantitative estimate of drug-likeness (QED) is 0.887. The minimum atomic E-state index is -0.869. The molecule has 1 fully saturated rings. The number of carboxylic acid groups (broad SMARTS) is 1. The van der Waals surface area contributed by atoms with Crippen LogP contribution in [0.5, 0.6) is 0 Å². The van der Waals surface area contributed by atoms with E-state index in [9.17, 15) is 14.7 Å². The van der Waals surface area contributed by atoms with Gasteiger partial charge in [0.05, 0.1) is 11.8 Å². The van der Waals surface area contributed by atoms with Gasteiger partial charge in [-0.1, -0.05) is 61.4 Å². The van der Waals surface area contributed by atoms with Crippen LogP contribution in [0, 0.1) is 11.8 Å². The molecule has 0 aliphatic heterocycles. The Bertz CT molecular complexity index is 727. The third-order valence-electron chi connectivity index (χ3n) is 4.69. The molecule has 1 saturated carbocycles. The lowest BCUT2D eigenvalue weighted by atomic mass is 9.78. The summed E-state index contributed by atoms with van der Waals surface area (Å²) in [4.78, 5) is 24.1. The van der Waals surface area contributed by atoms with E-state index in [1.165, 1.54) is 0 Å². The Kier molecular flexibility index (Phi) is 4.94. The molecule has 0 aromatic heterocycles. The van der Waals surface area contributed by atoms with Gasteiger partial charge in [-0.3, -0.25) is 9.59 Å². The van der Waals surface area contributed by atoms with Crippen molar-refractivity contribution in [2.24, 2.45) is 11.8 Å². The number of carbonyl (C=O) groups excluding carboxylic acids is 1. The van der Waals surface area contributed by atoms with Gasteiger partial charge in [0, 0.05) is 11.3 Å². The minimum Gasteiger partial charge on any atom is -0.481 e. The van der Waals surface area contributed by atoms with Gasteiger partial charge in [0.15, 0.2) is 0 Å². The number of para-hydroxylation sites is 1. The molecule has 1 amide bonds. The van der Waals surface area contributed by atoms with Crippen LogP contribution >= 0.6 is 0 Å². The summed E-state index contributed by atoms with van der Waals surface area (Å²) in [6, 6.07) is 17.5. The molecule has 2 unspecified atom stereocenters. The summed E-state index contributed by atoms with van der Waals surface area (Å²) in [5.74, 6) is -2.10. The van der Waals surface area contributed by atoms with Crippen molar-refractivity contribution in [2.75, 3.05) is 5.32 Å². The average Bonchev–Trinajstić information content (AvgIpc) is 2.63. The number of hydrogen-bond acceptors (Lipinski definition) is 2. The number of carboxylic acids is 1. The van der Waals surface area contributed by atoms with Crippen LogP contribution in [0.4, 0.5) is 5.69 Å². The van der Waals surface area contributed by atoms with Crippen molar-refractivity contribution in [1.82, 2.24) is 0 Å². The molecule has 0 heterocycles. The third kappa shape index (κ3) is 3.48. The maximum absolute atomic E-state index is 12.7. The van der Waals surface area contributed by atoms with E-state index >= 15 is 0 Å². The molecule has 3 rings (SSSR count). The number of amides is 1. The van der Waals surface area contributed by atoms with Gasteiger partial charge in [0.1, 0.15) is 0 Å². The van der Waals surface area contributed by atoms with Crippen LogP contribution in [0.1, 0.15) is 25.7 Å². The number of carbonyl (C=O) groups is 2. The molecule has 1 aliphatic rings. The molecule has 0 bridgehead atoms. The highest BCUT2D eigenvalue weighted by Crippen LogP contribution is 2.33. The SMILES string of the molecule is O=C(O)C1CCCCC1C(=O)Nc1ccccc1-c1ccccc1. The van der Waals surface area contributed by atoms with Crippen molar-refractivity contribution in [3.63, 3.8) is 0 Å². The van der Waals surface area contributed by atoms with Crippen LogP contribution in [-0.4, -0.2) is 17.0 Å². The predicted molar refractivity (Wildman–Crippen MR) is 93.6 cm³/mol. The van der Waals surface area contributed by atoms with Crippen LogP contribution in [-0.2, 0) is 9.59 Å². The van der Waals surface area contributed by atoms with E-state index in [0.29, 0.717) is 12.8 Å². The normalized spacial score (nSPS) is 20.3. The number of benzene rings is 2. The second kappa shape index (κ2) is 7.30. The Balaban J connectivity index is 1.83. The largest absolute Gasteiger partial charge is 0.481 e. The van der Waals surface area contributed by atoms with Gasteiger partial charge in [-0.2, -0.15) is 0 Å². The summed E-state index contributed by atoms with van der Waals surface area (Å²) >= 11 is 0. The summed E-state index contributed by atoms with van der Waals surface area (Å²) in [7, 11) is 0. The minimum absolute atomic E-state index is 0.189. The third-order valence-corrected chi connectivity index (χ3v) is 4.69. The van der Waals surface area contributed by atoms with Gasteiger partial charge in [-0.05, 0) is 24.5 Å². The summed E-state index contributed by atoms with van der Waals surface area (Å²) < 4.78 is 0. The summed E-state index contributed by atoms with van der Waals surface area (Å²) in [5.41, 5.74) is 2.68. The van der Waals surface area contributed by atoms with Crippen LogP contribution in [0.25, 0.3) is 11.1 Å². The molecule has 2 aromatic rings. The van der Waals surface area contributed by atoms with Gasteiger partial charge in [0.2, 0.25) is 5.91 Å². The highest BCUT2D eigenvalue weighted by Gasteiger charge is 2.35. The van der Waals surface area contributed by atoms with Crippen molar-refractivity contribution in [2.45, 2.75) is 25.7 Å². The Morgan fingerprint density at radius 3 is 2.21 bits per heavy atom. The lowest BCUT2D eigenvalue weighted by molar-refractivity contribution is -0.147. The fourth-order valence-electron chi connectivity index (χ4n) is 3.43. The predicted octanol–water partition coefficient (Wildman–Crippen LogP) is 4.18.